The van der Waals surface area contributed by atoms with E-state index in [-0.39, 0.29) is 16.8 Å². The molecule has 0 spiro atoms. The molecule has 0 atom stereocenters. The summed E-state index contributed by atoms with van der Waals surface area (Å²) in [7, 11) is 0. The molecule has 0 bridgehead atoms. The first-order chi connectivity index (χ1) is 9.88. The third kappa shape index (κ3) is 3.17. The first-order valence-electron chi connectivity index (χ1n) is 6.15. The first kappa shape index (κ1) is 14.5. The zero-order valence-electron chi connectivity index (χ0n) is 11.3. The van der Waals surface area contributed by atoms with Crippen LogP contribution in [0.2, 0.25) is 0 Å². The van der Waals surface area contributed by atoms with E-state index in [0.29, 0.717) is 11.3 Å². The Labute approximate surface area is 120 Å². The largest absolute Gasteiger partial charge is 0.398 e. The summed E-state index contributed by atoms with van der Waals surface area (Å²) in [5, 5.41) is 2.56. The fourth-order valence-electron chi connectivity index (χ4n) is 1.78. The Bertz CT molecular complexity index is 706. The van der Waals surface area contributed by atoms with Crippen LogP contribution in [0.25, 0.3) is 0 Å². The second-order valence-electron chi connectivity index (χ2n) is 4.57. The maximum atomic E-state index is 13.6. The highest BCUT2D eigenvalue weighted by Gasteiger charge is 2.12. The van der Waals surface area contributed by atoms with E-state index in [0.717, 1.165) is 6.07 Å². The van der Waals surface area contributed by atoms with E-state index in [9.17, 15) is 14.0 Å². The fourth-order valence-corrected chi connectivity index (χ4v) is 1.78. The van der Waals surface area contributed by atoms with Gasteiger partial charge in [0.2, 0.25) is 5.91 Å². The number of nitrogens with one attached hydrogen (secondary N) is 1. The maximum Gasteiger partial charge on any atom is 0.255 e. The molecule has 0 saturated carbocycles. The highest BCUT2D eigenvalue weighted by atomic mass is 19.1. The van der Waals surface area contributed by atoms with Crippen LogP contribution >= 0.6 is 0 Å². The molecule has 6 heteroatoms. The van der Waals surface area contributed by atoms with E-state index in [1.807, 2.05) is 0 Å². The lowest BCUT2D eigenvalue weighted by atomic mass is 10.1. The molecule has 2 aromatic rings. The Morgan fingerprint density at radius 3 is 2.48 bits per heavy atom. The molecule has 0 radical (unpaired) electrons. The number of primary amides is 1. The van der Waals surface area contributed by atoms with Crippen molar-refractivity contribution in [1.29, 1.82) is 0 Å². The van der Waals surface area contributed by atoms with E-state index in [1.165, 1.54) is 25.1 Å². The zero-order chi connectivity index (χ0) is 15.6. The van der Waals surface area contributed by atoms with Crippen LogP contribution in [0.5, 0.6) is 0 Å². The molecule has 0 aliphatic carbocycles. The lowest BCUT2D eigenvalue weighted by Crippen LogP contribution is -2.15. The molecule has 0 unspecified atom stereocenters. The Balaban J connectivity index is 2.26. The van der Waals surface area contributed by atoms with Crippen molar-refractivity contribution < 1.29 is 14.0 Å². The van der Waals surface area contributed by atoms with Crippen LogP contribution < -0.4 is 16.8 Å². The molecule has 5 nitrogen and oxygen atoms in total. The van der Waals surface area contributed by atoms with Crippen LogP contribution in [0.15, 0.2) is 36.4 Å². The lowest BCUT2D eigenvalue weighted by Gasteiger charge is -2.09. The molecule has 2 aromatic carbocycles. The average Bonchev–Trinajstić information content (AvgIpc) is 2.44. The molecule has 0 aliphatic rings. The molecule has 2 rings (SSSR count). The molecule has 0 aliphatic heterocycles. The third-order valence-electron chi connectivity index (χ3n) is 3.05. The summed E-state index contributed by atoms with van der Waals surface area (Å²) in [5.41, 5.74) is 12.0. The Morgan fingerprint density at radius 2 is 1.86 bits per heavy atom. The number of halogens is 1. The van der Waals surface area contributed by atoms with Gasteiger partial charge < -0.3 is 16.8 Å². The number of nitrogens with two attached hydrogens (primary N) is 2. The van der Waals surface area contributed by atoms with Crippen molar-refractivity contribution in [2.75, 3.05) is 11.1 Å². The maximum absolute atomic E-state index is 13.6. The van der Waals surface area contributed by atoms with E-state index >= 15 is 0 Å². The summed E-state index contributed by atoms with van der Waals surface area (Å²) in [6, 6.07) is 8.65. The van der Waals surface area contributed by atoms with Gasteiger partial charge in [-0.25, -0.2) is 4.39 Å². The highest BCUT2D eigenvalue weighted by Crippen LogP contribution is 2.19. The minimum atomic E-state index is -0.600. The SMILES string of the molecule is Cc1c(N)cc(C(=O)Nc2cccc(C(N)=O)c2)cc1F. The van der Waals surface area contributed by atoms with Crippen LogP contribution in [0.1, 0.15) is 26.3 Å². The summed E-state index contributed by atoms with van der Waals surface area (Å²) in [5.74, 6) is -1.68. The van der Waals surface area contributed by atoms with Gasteiger partial charge in [-0.05, 0) is 37.3 Å². The Hall–Kier alpha value is -2.89. The number of amides is 2. The van der Waals surface area contributed by atoms with Crippen molar-refractivity contribution in [2.24, 2.45) is 5.73 Å². The predicted octanol–water partition coefficient (Wildman–Crippen LogP) is 2.07. The number of nitrogen functional groups attached to an aromatic ring is 1. The summed E-state index contributed by atoms with van der Waals surface area (Å²) in [6.45, 7) is 1.53. The summed E-state index contributed by atoms with van der Waals surface area (Å²) < 4.78 is 13.6. The van der Waals surface area contributed by atoms with Crippen molar-refractivity contribution in [3.05, 3.63) is 58.9 Å². The molecule has 2 amide bonds. The molecule has 0 aromatic heterocycles. The van der Waals surface area contributed by atoms with Crippen LogP contribution in [0.4, 0.5) is 15.8 Å². The standard InChI is InChI=1S/C15H14FN3O2/c1-8-12(16)6-10(7-13(8)17)15(21)19-11-4-2-3-9(5-11)14(18)20/h2-7H,17H2,1H3,(H2,18,20)(H,19,21). The monoisotopic (exact) mass is 287 g/mol. The lowest BCUT2D eigenvalue weighted by molar-refractivity contribution is 0.0996. The topological polar surface area (TPSA) is 98.2 Å². The number of hydrogen-bond acceptors (Lipinski definition) is 3. The third-order valence-corrected chi connectivity index (χ3v) is 3.05. The number of anilines is 2. The van der Waals surface area contributed by atoms with Crippen molar-refractivity contribution in [1.82, 2.24) is 0 Å². The molecular formula is C15H14FN3O2. The summed E-state index contributed by atoms with van der Waals surface area (Å²) in [4.78, 5) is 23.1. The zero-order valence-corrected chi connectivity index (χ0v) is 11.3. The molecule has 5 N–H and O–H groups in total. The van der Waals surface area contributed by atoms with Crippen molar-refractivity contribution in [3.63, 3.8) is 0 Å². The van der Waals surface area contributed by atoms with E-state index in [2.05, 4.69) is 5.32 Å². The molecule has 0 fully saturated rings. The molecule has 0 saturated heterocycles. The van der Waals surface area contributed by atoms with Gasteiger partial charge in [-0.1, -0.05) is 6.07 Å². The first-order valence-corrected chi connectivity index (χ1v) is 6.15. The smallest absolute Gasteiger partial charge is 0.255 e. The van der Waals surface area contributed by atoms with Crippen LogP contribution in [-0.4, -0.2) is 11.8 Å². The van der Waals surface area contributed by atoms with Gasteiger partial charge in [0.1, 0.15) is 5.82 Å². The van der Waals surface area contributed by atoms with Crippen LogP contribution in [-0.2, 0) is 0 Å². The second-order valence-corrected chi connectivity index (χ2v) is 4.57. The molecule has 0 heterocycles. The minimum absolute atomic E-state index is 0.0973. The summed E-state index contributed by atoms with van der Waals surface area (Å²) in [6.07, 6.45) is 0. The van der Waals surface area contributed by atoms with Crippen molar-refractivity contribution in [2.45, 2.75) is 6.92 Å². The quantitative estimate of drug-likeness (QED) is 0.753. The fraction of sp³-hybridized carbons (Fsp3) is 0.0667. The molecule has 21 heavy (non-hydrogen) atoms. The Kier molecular flexibility index (Phi) is 3.89. The van der Waals surface area contributed by atoms with Gasteiger partial charge in [0, 0.05) is 28.1 Å². The van der Waals surface area contributed by atoms with E-state index in [1.54, 1.807) is 12.1 Å². The van der Waals surface area contributed by atoms with E-state index in [4.69, 9.17) is 11.5 Å². The predicted molar refractivity (Wildman–Crippen MR) is 78.5 cm³/mol. The van der Waals surface area contributed by atoms with Gasteiger partial charge in [-0.15, -0.1) is 0 Å². The number of hydrogen-bond donors (Lipinski definition) is 3. The normalized spacial score (nSPS) is 10.2. The van der Waals surface area contributed by atoms with Gasteiger partial charge in [-0.3, -0.25) is 9.59 Å². The van der Waals surface area contributed by atoms with Crippen molar-refractivity contribution in [3.8, 4) is 0 Å². The number of carbonyl (C=O) groups is 2. The van der Waals surface area contributed by atoms with Gasteiger partial charge >= 0.3 is 0 Å². The Morgan fingerprint density at radius 1 is 1.14 bits per heavy atom. The van der Waals surface area contributed by atoms with Gasteiger partial charge in [0.15, 0.2) is 0 Å². The van der Waals surface area contributed by atoms with Gasteiger partial charge in [0.05, 0.1) is 0 Å². The molecular weight excluding hydrogens is 273 g/mol. The highest BCUT2D eigenvalue weighted by molar-refractivity contribution is 6.05. The number of benzene rings is 2. The van der Waals surface area contributed by atoms with Crippen LogP contribution in [0.3, 0.4) is 0 Å². The minimum Gasteiger partial charge on any atom is -0.398 e. The van der Waals surface area contributed by atoms with E-state index < -0.39 is 17.6 Å². The summed E-state index contributed by atoms with van der Waals surface area (Å²) >= 11 is 0. The average molecular weight is 287 g/mol. The second kappa shape index (κ2) is 5.62. The van der Waals surface area contributed by atoms with Gasteiger partial charge in [0.25, 0.3) is 5.91 Å². The molecule has 108 valence electrons. The number of rotatable bonds is 3. The number of carbonyl (C=O) groups excluding carboxylic acids is 2. The van der Waals surface area contributed by atoms with Crippen molar-refractivity contribution >= 4 is 23.2 Å². The van der Waals surface area contributed by atoms with Crippen LogP contribution in [0, 0.1) is 12.7 Å². The van der Waals surface area contributed by atoms with Gasteiger partial charge in [-0.2, -0.15) is 0 Å².